The highest BCUT2D eigenvalue weighted by Crippen LogP contribution is 2.24. The van der Waals surface area contributed by atoms with Crippen LogP contribution in [-0.2, 0) is 0 Å². The normalized spacial score (nSPS) is 10.5. The Morgan fingerprint density at radius 2 is 1.68 bits per heavy atom. The van der Waals surface area contributed by atoms with E-state index in [1.807, 2.05) is 63.2 Å². The van der Waals surface area contributed by atoms with Crippen LogP contribution in [-0.4, -0.2) is 15.9 Å². The van der Waals surface area contributed by atoms with Crippen molar-refractivity contribution in [3.05, 3.63) is 101 Å². The van der Waals surface area contributed by atoms with Crippen molar-refractivity contribution < 1.29 is 9.53 Å². The van der Waals surface area contributed by atoms with Gasteiger partial charge in [-0.15, -0.1) is 0 Å². The zero-order chi connectivity index (χ0) is 21.8. The maximum atomic E-state index is 12.7. The molecule has 1 N–H and O–H groups in total. The largest absolute Gasteiger partial charge is 0.439 e. The van der Waals surface area contributed by atoms with E-state index in [9.17, 15) is 4.79 Å². The van der Waals surface area contributed by atoms with Crippen LogP contribution >= 0.6 is 0 Å². The molecule has 31 heavy (non-hydrogen) atoms. The maximum Gasteiger partial charge on any atom is 0.255 e. The summed E-state index contributed by atoms with van der Waals surface area (Å²) in [7, 11) is 0. The van der Waals surface area contributed by atoms with Gasteiger partial charge in [-0.05, 0) is 62.2 Å². The highest BCUT2D eigenvalue weighted by atomic mass is 16.5. The van der Waals surface area contributed by atoms with Gasteiger partial charge in [-0.2, -0.15) is 4.98 Å². The topological polar surface area (TPSA) is 64.1 Å². The fourth-order valence-corrected chi connectivity index (χ4v) is 3.08. The predicted molar refractivity (Wildman–Crippen MR) is 123 cm³/mol. The molecule has 0 saturated carbocycles. The Bertz CT molecular complexity index is 1230. The van der Waals surface area contributed by atoms with Gasteiger partial charge in [-0.25, -0.2) is 4.98 Å². The lowest BCUT2D eigenvalue weighted by molar-refractivity contribution is 0.102. The second-order valence-electron chi connectivity index (χ2n) is 7.47. The molecule has 0 spiro atoms. The zero-order valence-corrected chi connectivity index (χ0v) is 17.7. The van der Waals surface area contributed by atoms with Gasteiger partial charge in [-0.3, -0.25) is 4.79 Å². The van der Waals surface area contributed by atoms with Crippen molar-refractivity contribution in [1.82, 2.24) is 9.97 Å². The molecule has 154 valence electrons. The van der Waals surface area contributed by atoms with E-state index >= 15 is 0 Å². The summed E-state index contributed by atoms with van der Waals surface area (Å²) in [5.74, 6) is 1.33. The van der Waals surface area contributed by atoms with E-state index in [1.165, 1.54) is 11.1 Å². The molecular formula is C26H23N3O2. The van der Waals surface area contributed by atoms with E-state index in [1.54, 1.807) is 36.5 Å². The van der Waals surface area contributed by atoms with Crippen LogP contribution in [0.5, 0.6) is 11.6 Å². The molecule has 5 nitrogen and oxygen atoms in total. The number of nitrogens with one attached hydrogen (secondary N) is 1. The molecule has 0 aliphatic rings. The Morgan fingerprint density at radius 3 is 2.45 bits per heavy atom. The minimum absolute atomic E-state index is 0.197. The monoisotopic (exact) mass is 409 g/mol. The summed E-state index contributed by atoms with van der Waals surface area (Å²) in [5.41, 5.74) is 5.66. The number of hydrogen-bond acceptors (Lipinski definition) is 4. The molecule has 0 aliphatic carbocycles. The van der Waals surface area contributed by atoms with Crippen LogP contribution in [0, 0.1) is 20.8 Å². The quantitative estimate of drug-likeness (QED) is 0.432. The fraction of sp³-hybridized carbons (Fsp3) is 0.115. The van der Waals surface area contributed by atoms with Gasteiger partial charge in [-0.1, -0.05) is 42.0 Å². The third kappa shape index (κ3) is 4.95. The van der Waals surface area contributed by atoms with Crippen LogP contribution in [0.25, 0.3) is 11.4 Å². The van der Waals surface area contributed by atoms with Crippen LogP contribution in [0.4, 0.5) is 5.69 Å². The van der Waals surface area contributed by atoms with Gasteiger partial charge < -0.3 is 10.1 Å². The molecule has 0 saturated heterocycles. The highest BCUT2D eigenvalue weighted by Gasteiger charge is 2.10. The van der Waals surface area contributed by atoms with Crippen LogP contribution in [0.3, 0.4) is 0 Å². The van der Waals surface area contributed by atoms with Crippen LogP contribution in [0.1, 0.15) is 27.0 Å². The Balaban J connectivity index is 1.51. The first-order valence-electron chi connectivity index (χ1n) is 10.0. The van der Waals surface area contributed by atoms with Gasteiger partial charge in [0.25, 0.3) is 5.91 Å². The summed E-state index contributed by atoms with van der Waals surface area (Å²) in [5, 5.41) is 2.93. The minimum atomic E-state index is -0.197. The average molecular weight is 409 g/mol. The molecule has 5 heteroatoms. The smallest absolute Gasteiger partial charge is 0.255 e. The number of carbonyl (C=O) groups excluding carboxylic acids is 1. The van der Waals surface area contributed by atoms with Crippen molar-refractivity contribution in [2.24, 2.45) is 0 Å². The lowest BCUT2D eigenvalue weighted by Crippen LogP contribution is -2.12. The van der Waals surface area contributed by atoms with Crippen molar-refractivity contribution in [3.8, 4) is 23.0 Å². The van der Waals surface area contributed by atoms with Crippen LogP contribution in [0.2, 0.25) is 0 Å². The SMILES string of the molecule is Cc1ccc(-c2nccc(Oc3cccc(C(=O)Nc4ccc(C)c(C)c4)c3)n2)cc1. The highest BCUT2D eigenvalue weighted by molar-refractivity contribution is 6.04. The molecule has 1 heterocycles. The van der Waals surface area contributed by atoms with E-state index in [0.717, 1.165) is 16.8 Å². The molecule has 1 aromatic heterocycles. The first kappa shape index (κ1) is 20.3. The Labute approximate surface area is 181 Å². The van der Waals surface area contributed by atoms with Crippen molar-refractivity contribution in [2.45, 2.75) is 20.8 Å². The summed E-state index contributed by atoms with van der Waals surface area (Å²) in [6.07, 6.45) is 1.66. The number of ether oxygens (including phenoxy) is 1. The summed E-state index contributed by atoms with van der Waals surface area (Å²) in [6.45, 7) is 6.10. The molecule has 0 fully saturated rings. The number of anilines is 1. The summed E-state index contributed by atoms with van der Waals surface area (Å²) in [6, 6.07) is 22.6. The second kappa shape index (κ2) is 8.79. The van der Waals surface area contributed by atoms with Crippen LogP contribution < -0.4 is 10.1 Å². The molecule has 0 bridgehead atoms. The van der Waals surface area contributed by atoms with Crippen molar-refractivity contribution >= 4 is 11.6 Å². The van der Waals surface area contributed by atoms with Gasteiger partial charge in [0, 0.05) is 29.1 Å². The van der Waals surface area contributed by atoms with E-state index in [0.29, 0.717) is 23.0 Å². The van der Waals surface area contributed by atoms with Gasteiger partial charge in [0.15, 0.2) is 5.82 Å². The average Bonchev–Trinajstić information content (AvgIpc) is 2.77. The molecule has 0 unspecified atom stereocenters. The number of aryl methyl sites for hydroxylation is 3. The van der Waals surface area contributed by atoms with E-state index in [-0.39, 0.29) is 5.91 Å². The van der Waals surface area contributed by atoms with Gasteiger partial charge in [0.05, 0.1) is 0 Å². The number of hydrogen-bond donors (Lipinski definition) is 1. The molecule has 4 aromatic rings. The Kier molecular flexibility index (Phi) is 5.76. The number of rotatable bonds is 5. The molecule has 1 amide bonds. The van der Waals surface area contributed by atoms with Crippen LogP contribution in [0.15, 0.2) is 79.0 Å². The predicted octanol–water partition coefficient (Wildman–Crippen LogP) is 6.11. The fourth-order valence-electron chi connectivity index (χ4n) is 3.08. The number of benzene rings is 3. The van der Waals surface area contributed by atoms with Crippen molar-refractivity contribution in [2.75, 3.05) is 5.32 Å². The van der Waals surface area contributed by atoms with Crippen molar-refractivity contribution in [3.63, 3.8) is 0 Å². The minimum Gasteiger partial charge on any atom is -0.439 e. The first-order chi connectivity index (χ1) is 15.0. The standard InChI is InChI=1S/C26H23N3O2/c1-17-7-10-20(11-8-17)25-27-14-13-24(29-25)31-23-6-4-5-21(16-23)26(30)28-22-12-9-18(2)19(3)15-22/h4-16H,1-3H3,(H,28,30). The Hall–Kier alpha value is -3.99. The summed E-state index contributed by atoms with van der Waals surface area (Å²) < 4.78 is 5.91. The molecule has 0 atom stereocenters. The van der Waals surface area contributed by atoms with E-state index in [2.05, 4.69) is 15.3 Å². The lowest BCUT2D eigenvalue weighted by atomic mass is 10.1. The van der Waals surface area contributed by atoms with Gasteiger partial charge in [0.2, 0.25) is 5.88 Å². The first-order valence-corrected chi connectivity index (χ1v) is 10.0. The summed E-state index contributed by atoms with van der Waals surface area (Å²) >= 11 is 0. The van der Waals surface area contributed by atoms with Gasteiger partial charge >= 0.3 is 0 Å². The Morgan fingerprint density at radius 1 is 0.871 bits per heavy atom. The number of carbonyl (C=O) groups is 1. The third-order valence-electron chi connectivity index (χ3n) is 5.02. The molecule has 0 radical (unpaired) electrons. The third-order valence-corrected chi connectivity index (χ3v) is 5.02. The van der Waals surface area contributed by atoms with Gasteiger partial charge in [0.1, 0.15) is 5.75 Å². The number of nitrogens with zero attached hydrogens (tertiary/aromatic N) is 2. The number of aromatic nitrogens is 2. The molecule has 3 aromatic carbocycles. The molecular weight excluding hydrogens is 386 g/mol. The van der Waals surface area contributed by atoms with Crippen molar-refractivity contribution in [1.29, 1.82) is 0 Å². The molecule has 0 aliphatic heterocycles. The van der Waals surface area contributed by atoms with E-state index in [4.69, 9.17) is 4.74 Å². The van der Waals surface area contributed by atoms with E-state index < -0.39 is 0 Å². The summed E-state index contributed by atoms with van der Waals surface area (Å²) in [4.78, 5) is 21.5. The maximum absolute atomic E-state index is 12.7. The zero-order valence-electron chi connectivity index (χ0n) is 17.7. The number of amides is 1. The molecule has 4 rings (SSSR count). The second-order valence-corrected chi connectivity index (χ2v) is 7.47. The lowest BCUT2D eigenvalue weighted by Gasteiger charge is -2.10.